The molecule has 30 heavy (non-hydrogen) atoms. The molecule has 0 unspecified atom stereocenters. The van der Waals surface area contributed by atoms with Crippen molar-refractivity contribution in [2.24, 2.45) is 11.8 Å². The summed E-state index contributed by atoms with van der Waals surface area (Å²) >= 11 is 0. The molecule has 4 atom stereocenters. The zero-order chi connectivity index (χ0) is 21.5. The number of hydrogen-bond donors (Lipinski definition) is 0. The summed E-state index contributed by atoms with van der Waals surface area (Å²) in [7, 11) is -7.59. The van der Waals surface area contributed by atoms with E-state index in [1.807, 2.05) is 60.7 Å². The van der Waals surface area contributed by atoms with E-state index in [-0.39, 0.29) is 11.8 Å². The maximum absolute atomic E-state index is 11.9. The standard InChI is InChI=1S/C22H24O6S2/c1-29(23,24)27-21-17-13-14-18(22(21)28-30(2,25)26)20(17)19(15-9-5-3-6-10-15)16-11-7-4-8-12-16/h3-12,17-18,21-22H,13-14H2,1-2H3/t17-,18+,21-,22-/m0/s1. The van der Waals surface area contributed by atoms with Gasteiger partial charge in [-0.2, -0.15) is 16.8 Å². The van der Waals surface area contributed by atoms with E-state index < -0.39 is 32.4 Å². The highest BCUT2D eigenvalue weighted by molar-refractivity contribution is 7.86. The Bertz CT molecular complexity index is 1060. The molecular formula is C22H24O6S2. The summed E-state index contributed by atoms with van der Waals surface area (Å²) < 4.78 is 58.6. The van der Waals surface area contributed by atoms with Gasteiger partial charge < -0.3 is 0 Å². The van der Waals surface area contributed by atoms with Crippen molar-refractivity contribution in [3.8, 4) is 0 Å². The van der Waals surface area contributed by atoms with Crippen LogP contribution in [0.3, 0.4) is 0 Å². The Kier molecular flexibility index (Phi) is 5.61. The Morgan fingerprint density at radius 1 is 0.700 bits per heavy atom. The van der Waals surface area contributed by atoms with Crippen LogP contribution >= 0.6 is 0 Å². The van der Waals surface area contributed by atoms with E-state index in [1.54, 1.807) is 0 Å². The summed E-state index contributed by atoms with van der Waals surface area (Å²) in [6, 6.07) is 19.7. The number of fused-ring (bicyclic) bond motifs is 2. The summed E-state index contributed by atoms with van der Waals surface area (Å²) in [5.41, 5.74) is 3.99. The third-order valence-electron chi connectivity index (χ3n) is 5.69. The summed E-state index contributed by atoms with van der Waals surface area (Å²) in [6.45, 7) is 0. The molecule has 0 saturated heterocycles. The van der Waals surface area contributed by atoms with Crippen LogP contribution in [0.1, 0.15) is 24.0 Å². The fraction of sp³-hybridized carbons (Fsp3) is 0.364. The Morgan fingerprint density at radius 2 is 1.07 bits per heavy atom. The second-order valence-corrected chi connectivity index (χ2v) is 11.1. The monoisotopic (exact) mass is 448 g/mol. The van der Waals surface area contributed by atoms with Gasteiger partial charge in [0.05, 0.1) is 12.5 Å². The van der Waals surface area contributed by atoms with Crippen LogP contribution in [0.5, 0.6) is 0 Å². The second-order valence-electron chi connectivity index (χ2n) is 7.88. The van der Waals surface area contributed by atoms with Crippen molar-refractivity contribution in [2.75, 3.05) is 12.5 Å². The fourth-order valence-corrected chi connectivity index (χ4v) is 6.11. The van der Waals surface area contributed by atoms with Gasteiger partial charge in [-0.1, -0.05) is 66.2 Å². The molecule has 2 saturated carbocycles. The summed E-state index contributed by atoms with van der Waals surface area (Å²) in [5.74, 6) is -0.487. The molecule has 4 rings (SSSR count). The average molecular weight is 449 g/mol. The largest absolute Gasteiger partial charge is 0.264 e. The highest BCUT2D eigenvalue weighted by Gasteiger charge is 2.56. The van der Waals surface area contributed by atoms with E-state index in [1.165, 1.54) is 0 Å². The molecule has 2 aromatic rings. The molecule has 0 aliphatic heterocycles. The first-order valence-corrected chi connectivity index (χ1v) is 13.4. The van der Waals surface area contributed by atoms with Crippen LogP contribution in [0.4, 0.5) is 0 Å². The Labute approximate surface area is 177 Å². The molecule has 0 aromatic heterocycles. The van der Waals surface area contributed by atoms with Crippen LogP contribution in [0.15, 0.2) is 66.2 Å². The quantitative estimate of drug-likeness (QED) is 0.631. The van der Waals surface area contributed by atoms with Crippen LogP contribution in [0, 0.1) is 11.8 Å². The minimum Gasteiger partial charge on any atom is -0.264 e. The third-order valence-corrected chi connectivity index (χ3v) is 6.83. The summed E-state index contributed by atoms with van der Waals surface area (Å²) in [5, 5.41) is 0. The fourth-order valence-electron chi connectivity index (χ4n) is 4.81. The van der Waals surface area contributed by atoms with Gasteiger partial charge >= 0.3 is 0 Å². The van der Waals surface area contributed by atoms with Crippen molar-refractivity contribution in [3.63, 3.8) is 0 Å². The van der Waals surface area contributed by atoms with Gasteiger partial charge in [-0.3, -0.25) is 8.37 Å². The third kappa shape index (κ3) is 4.37. The first-order chi connectivity index (χ1) is 14.1. The SMILES string of the molecule is CS(=O)(=O)O[C@@H]1[C@@H](OS(C)(=O)=O)[C@H]2CC[C@@H]1C2=C(c1ccccc1)c1ccccc1. The van der Waals surface area contributed by atoms with Crippen molar-refractivity contribution in [1.82, 2.24) is 0 Å². The first-order valence-electron chi connectivity index (χ1n) is 9.75. The normalized spacial score (nSPS) is 26.1. The summed E-state index contributed by atoms with van der Waals surface area (Å²) in [6.07, 6.45) is 1.65. The zero-order valence-electron chi connectivity index (χ0n) is 16.8. The van der Waals surface area contributed by atoms with E-state index in [0.717, 1.165) is 34.8 Å². The number of benzene rings is 2. The van der Waals surface area contributed by atoms with Crippen molar-refractivity contribution in [3.05, 3.63) is 77.4 Å². The molecular weight excluding hydrogens is 424 g/mol. The highest BCUT2D eigenvalue weighted by Crippen LogP contribution is 2.55. The Hall–Kier alpha value is -2.00. The smallest absolute Gasteiger partial charge is 0.264 e. The predicted octanol–water partition coefficient (Wildman–Crippen LogP) is 3.22. The van der Waals surface area contributed by atoms with E-state index in [4.69, 9.17) is 8.37 Å². The molecule has 160 valence electrons. The molecule has 0 spiro atoms. The van der Waals surface area contributed by atoms with Crippen LogP contribution in [-0.4, -0.2) is 41.6 Å². The van der Waals surface area contributed by atoms with Crippen LogP contribution in [0.2, 0.25) is 0 Å². The van der Waals surface area contributed by atoms with E-state index in [9.17, 15) is 16.8 Å². The predicted molar refractivity (Wildman–Crippen MR) is 115 cm³/mol. The molecule has 0 N–H and O–H groups in total. The average Bonchev–Trinajstić information content (AvgIpc) is 3.19. The molecule has 2 bridgehead atoms. The zero-order valence-corrected chi connectivity index (χ0v) is 18.4. The van der Waals surface area contributed by atoms with Gasteiger partial charge in [-0.15, -0.1) is 0 Å². The summed E-state index contributed by atoms with van der Waals surface area (Å²) in [4.78, 5) is 0. The van der Waals surface area contributed by atoms with Crippen molar-refractivity contribution >= 4 is 25.8 Å². The van der Waals surface area contributed by atoms with Gasteiger partial charge in [0.15, 0.2) is 0 Å². The minimum atomic E-state index is -3.79. The van der Waals surface area contributed by atoms with E-state index in [0.29, 0.717) is 12.8 Å². The molecule has 0 amide bonds. The van der Waals surface area contributed by atoms with Gasteiger partial charge in [-0.25, -0.2) is 0 Å². The van der Waals surface area contributed by atoms with Crippen LogP contribution in [0.25, 0.3) is 5.57 Å². The van der Waals surface area contributed by atoms with Crippen LogP contribution in [-0.2, 0) is 28.6 Å². The molecule has 2 aliphatic carbocycles. The second kappa shape index (κ2) is 7.92. The first kappa shape index (κ1) is 21.2. The van der Waals surface area contributed by atoms with Gasteiger partial charge in [0.2, 0.25) is 0 Å². The van der Waals surface area contributed by atoms with Crippen LogP contribution < -0.4 is 0 Å². The molecule has 0 radical (unpaired) electrons. The highest BCUT2D eigenvalue weighted by atomic mass is 32.2. The molecule has 2 aliphatic rings. The maximum Gasteiger partial charge on any atom is 0.264 e. The lowest BCUT2D eigenvalue weighted by Gasteiger charge is -2.28. The van der Waals surface area contributed by atoms with Gasteiger partial charge in [-0.05, 0) is 29.5 Å². The van der Waals surface area contributed by atoms with Gasteiger partial charge in [0.1, 0.15) is 12.2 Å². The lowest BCUT2D eigenvalue weighted by molar-refractivity contribution is 0.0245. The Morgan fingerprint density at radius 3 is 1.40 bits per heavy atom. The number of hydrogen-bond acceptors (Lipinski definition) is 6. The van der Waals surface area contributed by atoms with Crippen molar-refractivity contribution < 1.29 is 25.2 Å². The topological polar surface area (TPSA) is 86.7 Å². The Balaban J connectivity index is 1.91. The lowest BCUT2D eigenvalue weighted by Crippen LogP contribution is -2.39. The van der Waals surface area contributed by atoms with Gasteiger partial charge in [0, 0.05) is 11.8 Å². The maximum atomic E-state index is 11.9. The van der Waals surface area contributed by atoms with Crippen molar-refractivity contribution in [1.29, 1.82) is 0 Å². The van der Waals surface area contributed by atoms with Crippen molar-refractivity contribution in [2.45, 2.75) is 25.0 Å². The molecule has 2 fully saturated rings. The molecule has 0 heterocycles. The van der Waals surface area contributed by atoms with E-state index >= 15 is 0 Å². The molecule has 6 nitrogen and oxygen atoms in total. The molecule has 2 aromatic carbocycles. The lowest BCUT2D eigenvalue weighted by atomic mass is 9.88. The van der Waals surface area contributed by atoms with Gasteiger partial charge in [0.25, 0.3) is 20.2 Å². The minimum absolute atomic E-state index is 0.244. The van der Waals surface area contributed by atoms with E-state index in [2.05, 4.69) is 0 Å². The number of rotatable bonds is 6. The molecule has 8 heteroatoms.